The van der Waals surface area contributed by atoms with Crippen LogP contribution in [0.25, 0.3) is 0 Å². The third kappa shape index (κ3) is 2.57. The summed E-state index contributed by atoms with van der Waals surface area (Å²) in [5.74, 6) is -4.10. The second kappa shape index (κ2) is 4.95. The zero-order valence-corrected chi connectivity index (χ0v) is 10.3. The number of hydrogen-bond donors (Lipinski definition) is 1. The van der Waals surface area contributed by atoms with E-state index in [0.29, 0.717) is 6.07 Å². The van der Waals surface area contributed by atoms with Gasteiger partial charge >= 0.3 is 5.97 Å². The van der Waals surface area contributed by atoms with Crippen molar-refractivity contribution in [3.8, 4) is 0 Å². The predicted molar refractivity (Wildman–Crippen MR) is 62.6 cm³/mol. The summed E-state index contributed by atoms with van der Waals surface area (Å²) in [5, 5.41) is 8.98. The van der Waals surface area contributed by atoms with Gasteiger partial charge in [-0.1, -0.05) is 6.92 Å². The first-order valence-corrected chi connectivity index (χ1v) is 5.87. The van der Waals surface area contributed by atoms with Crippen LogP contribution in [-0.2, 0) is 4.79 Å². The van der Waals surface area contributed by atoms with Gasteiger partial charge in [0.2, 0.25) is 0 Å². The van der Waals surface area contributed by atoms with E-state index in [2.05, 4.69) is 0 Å². The largest absolute Gasteiger partial charge is 0.481 e. The van der Waals surface area contributed by atoms with Crippen LogP contribution >= 0.6 is 0 Å². The minimum atomic E-state index is -0.970. The van der Waals surface area contributed by atoms with Crippen LogP contribution in [0, 0.1) is 23.5 Å². The maximum Gasteiger partial charge on any atom is 0.308 e. The van der Waals surface area contributed by atoms with Crippen molar-refractivity contribution >= 4 is 11.9 Å². The molecule has 0 saturated carbocycles. The van der Waals surface area contributed by atoms with Gasteiger partial charge in [0.05, 0.1) is 11.5 Å². The Bertz CT molecular complexity index is 533. The number of aliphatic carboxylic acids is 1. The number of nitrogens with zero attached hydrogens (tertiary/aromatic N) is 1. The van der Waals surface area contributed by atoms with E-state index < -0.39 is 29.4 Å². The molecule has 0 radical (unpaired) electrons. The zero-order chi connectivity index (χ0) is 14.2. The molecule has 4 nitrogen and oxygen atoms in total. The van der Waals surface area contributed by atoms with Gasteiger partial charge in [0, 0.05) is 19.2 Å². The van der Waals surface area contributed by atoms with Crippen LogP contribution in [0.1, 0.15) is 17.3 Å². The Morgan fingerprint density at radius 1 is 1.32 bits per heavy atom. The molecule has 1 heterocycles. The third-order valence-corrected chi connectivity index (χ3v) is 3.38. The molecule has 1 amide bonds. The molecule has 2 rings (SSSR count). The van der Waals surface area contributed by atoms with Crippen molar-refractivity contribution in [2.45, 2.75) is 6.92 Å². The van der Waals surface area contributed by atoms with Crippen molar-refractivity contribution in [1.29, 1.82) is 0 Å². The first-order chi connectivity index (χ1) is 8.90. The van der Waals surface area contributed by atoms with E-state index in [1.165, 1.54) is 4.90 Å². The number of carbonyl (C=O) groups excluding carboxylic acids is 1. The van der Waals surface area contributed by atoms with Crippen LogP contribution < -0.4 is 0 Å². The lowest BCUT2D eigenvalue weighted by Gasteiger charge is -2.16. The topological polar surface area (TPSA) is 57.6 Å². The van der Waals surface area contributed by atoms with E-state index in [4.69, 9.17) is 5.11 Å². The molecule has 19 heavy (non-hydrogen) atoms. The van der Waals surface area contributed by atoms with Crippen molar-refractivity contribution in [3.63, 3.8) is 0 Å². The highest BCUT2D eigenvalue weighted by atomic mass is 19.1. The SMILES string of the molecule is C[C@@H]1CN(C(=O)c2ccc(F)cc2F)C[C@H]1C(=O)O. The molecular weight excluding hydrogens is 256 g/mol. The molecule has 0 aromatic heterocycles. The highest BCUT2D eigenvalue weighted by Gasteiger charge is 2.37. The number of hydrogen-bond acceptors (Lipinski definition) is 2. The molecule has 1 aliphatic rings. The molecule has 1 aliphatic heterocycles. The number of carboxylic acid groups (broad SMARTS) is 1. The van der Waals surface area contributed by atoms with Gasteiger partial charge in [0.1, 0.15) is 11.6 Å². The Labute approximate surface area is 108 Å². The van der Waals surface area contributed by atoms with E-state index in [1.54, 1.807) is 6.92 Å². The summed E-state index contributed by atoms with van der Waals surface area (Å²) in [6, 6.07) is 2.72. The number of rotatable bonds is 2. The molecule has 0 bridgehead atoms. The van der Waals surface area contributed by atoms with Crippen LogP contribution in [0.4, 0.5) is 8.78 Å². The van der Waals surface area contributed by atoms with E-state index >= 15 is 0 Å². The fourth-order valence-corrected chi connectivity index (χ4v) is 2.29. The van der Waals surface area contributed by atoms with Gasteiger partial charge in [-0.15, -0.1) is 0 Å². The Hall–Kier alpha value is -1.98. The smallest absolute Gasteiger partial charge is 0.308 e. The van der Waals surface area contributed by atoms with E-state index in [9.17, 15) is 18.4 Å². The van der Waals surface area contributed by atoms with Crippen LogP contribution in [0.2, 0.25) is 0 Å². The molecule has 1 fully saturated rings. The van der Waals surface area contributed by atoms with Gasteiger partial charge in [0.15, 0.2) is 0 Å². The summed E-state index contributed by atoms with van der Waals surface area (Å²) in [7, 11) is 0. The lowest BCUT2D eigenvalue weighted by Crippen LogP contribution is -2.30. The number of likely N-dealkylation sites (tertiary alicyclic amines) is 1. The third-order valence-electron chi connectivity index (χ3n) is 3.38. The van der Waals surface area contributed by atoms with E-state index in [-0.39, 0.29) is 24.6 Å². The Morgan fingerprint density at radius 2 is 2.00 bits per heavy atom. The standard InChI is InChI=1S/C13H13F2NO3/c1-7-5-16(6-10(7)13(18)19)12(17)9-3-2-8(14)4-11(9)15/h2-4,7,10H,5-6H2,1H3,(H,18,19)/t7-,10-/m1/s1. The summed E-state index contributed by atoms with van der Waals surface area (Å²) in [6.07, 6.45) is 0. The Balaban J connectivity index is 2.19. The Morgan fingerprint density at radius 3 is 2.53 bits per heavy atom. The molecule has 0 aliphatic carbocycles. The molecule has 1 saturated heterocycles. The zero-order valence-electron chi connectivity index (χ0n) is 10.3. The second-order valence-electron chi connectivity index (χ2n) is 4.76. The van der Waals surface area contributed by atoms with Crippen LogP contribution in [0.3, 0.4) is 0 Å². The normalized spacial score (nSPS) is 22.6. The monoisotopic (exact) mass is 269 g/mol. The highest BCUT2D eigenvalue weighted by Crippen LogP contribution is 2.25. The van der Waals surface area contributed by atoms with Crippen LogP contribution in [-0.4, -0.2) is 35.0 Å². The summed E-state index contributed by atoms with van der Waals surface area (Å²) in [5.41, 5.74) is -0.236. The minimum absolute atomic E-state index is 0.0478. The molecule has 0 spiro atoms. The van der Waals surface area contributed by atoms with E-state index in [0.717, 1.165) is 12.1 Å². The average molecular weight is 269 g/mol. The molecule has 1 N–H and O–H groups in total. The van der Waals surface area contributed by atoms with Crippen molar-refractivity contribution in [1.82, 2.24) is 4.90 Å². The molecule has 6 heteroatoms. The Kier molecular flexibility index (Phi) is 3.50. The highest BCUT2D eigenvalue weighted by molar-refractivity contribution is 5.95. The predicted octanol–water partition coefficient (Wildman–Crippen LogP) is 1.76. The van der Waals surface area contributed by atoms with Gasteiger partial charge in [-0.25, -0.2) is 8.78 Å². The molecule has 2 atom stereocenters. The lowest BCUT2D eigenvalue weighted by atomic mass is 9.99. The van der Waals surface area contributed by atoms with Crippen molar-refractivity contribution < 1.29 is 23.5 Å². The molecule has 1 aromatic rings. The van der Waals surface area contributed by atoms with Crippen LogP contribution in [0.5, 0.6) is 0 Å². The average Bonchev–Trinajstić information content (AvgIpc) is 2.70. The molecule has 102 valence electrons. The number of carboxylic acids is 1. The fourth-order valence-electron chi connectivity index (χ4n) is 2.29. The van der Waals surface area contributed by atoms with Crippen molar-refractivity contribution in [3.05, 3.63) is 35.4 Å². The quantitative estimate of drug-likeness (QED) is 0.890. The summed E-state index contributed by atoms with van der Waals surface area (Å²) in [6.45, 7) is 2.03. The van der Waals surface area contributed by atoms with Gasteiger partial charge < -0.3 is 10.0 Å². The minimum Gasteiger partial charge on any atom is -0.481 e. The number of halogens is 2. The first-order valence-electron chi connectivity index (χ1n) is 5.87. The number of carbonyl (C=O) groups is 2. The van der Waals surface area contributed by atoms with Crippen molar-refractivity contribution in [2.75, 3.05) is 13.1 Å². The fraction of sp³-hybridized carbons (Fsp3) is 0.385. The molecule has 0 unspecified atom stereocenters. The van der Waals surface area contributed by atoms with Crippen molar-refractivity contribution in [2.24, 2.45) is 11.8 Å². The first kappa shape index (κ1) is 13.5. The maximum atomic E-state index is 13.5. The summed E-state index contributed by atoms with van der Waals surface area (Å²) >= 11 is 0. The van der Waals surface area contributed by atoms with Gasteiger partial charge in [-0.05, 0) is 18.1 Å². The summed E-state index contributed by atoms with van der Waals surface area (Å²) < 4.78 is 26.3. The van der Waals surface area contributed by atoms with Crippen LogP contribution in [0.15, 0.2) is 18.2 Å². The summed E-state index contributed by atoms with van der Waals surface area (Å²) in [4.78, 5) is 24.3. The second-order valence-corrected chi connectivity index (χ2v) is 4.76. The van der Waals surface area contributed by atoms with Gasteiger partial charge in [0.25, 0.3) is 5.91 Å². The van der Waals surface area contributed by atoms with Gasteiger partial charge in [-0.3, -0.25) is 9.59 Å². The number of amides is 1. The molecular formula is C13H13F2NO3. The maximum absolute atomic E-state index is 13.5. The van der Waals surface area contributed by atoms with Gasteiger partial charge in [-0.2, -0.15) is 0 Å². The number of benzene rings is 1. The van der Waals surface area contributed by atoms with E-state index in [1.807, 2.05) is 0 Å². The molecule has 1 aromatic carbocycles. The lowest BCUT2D eigenvalue weighted by molar-refractivity contribution is -0.142.